The summed E-state index contributed by atoms with van der Waals surface area (Å²) in [4.78, 5) is 24.6. The number of amides is 1. The molecule has 8 nitrogen and oxygen atoms in total. The Balaban J connectivity index is 2.08. The van der Waals surface area contributed by atoms with Crippen LogP contribution in [0.15, 0.2) is 39.2 Å². The lowest BCUT2D eigenvalue weighted by atomic mass is 10.0. The minimum atomic E-state index is -4.41. The summed E-state index contributed by atoms with van der Waals surface area (Å²) < 4.78 is 86.5. The van der Waals surface area contributed by atoms with E-state index in [1.54, 1.807) is 0 Å². The summed E-state index contributed by atoms with van der Waals surface area (Å²) in [6.45, 7) is -3.17. The number of nitrogens with one attached hydrogen (secondary N) is 2. The molecule has 3 rings (SSSR count). The number of benzene rings is 1. The van der Waals surface area contributed by atoms with E-state index in [2.05, 4.69) is 15.2 Å². The third kappa shape index (κ3) is 4.22. The molecule has 0 bridgehead atoms. The van der Waals surface area contributed by atoms with Crippen LogP contribution in [-0.4, -0.2) is 25.3 Å². The summed E-state index contributed by atoms with van der Waals surface area (Å²) >= 11 is 0.729. The number of hydrogen-bond acceptors (Lipinski definition) is 7. The van der Waals surface area contributed by atoms with Gasteiger partial charge in [-0.15, -0.1) is 11.3 Å². The zero-order chi connectivity index (χ0) is 27.2. The van der Waals surface area contributed by atoms with Crippen LogP contribution in [0.25, 0.3) is 0 Å². The number of rotatable bonds is 6. The van der Waals surface area contributed by atoms with Crippen molar-refractivity contribution in [3.05, 3.63) is 56.9 Å². The van der Waals surface area contributed by atoms with Gasteiger partial charge in [0.25, 0.3) is 15.9 Å². The van der Waals surface area contributed by atoms with E-state index < -0.39 is 57.1 Å². The van der Waals surface area contributed by atoms with E-state index in [1.165, 1.54) is 12.3 Å². The predicted molar refractivity (Wildman–Crippen MR) is 110 cm³/mol. The first-order valence-electron chi connectivity index (χ1n) is 11.5. The van der Waals surface area contributed by atoms with Crippen molar-refractivity contribution >= 4 is 44.6 Å². The molecule has 10 heteroatoms. The maximum atomic E-state index is 13.1. The van der Waals surface area contributed by atoms with E-state index in [4.69, 9.17) is 14.1 Å². The van der Waals surface area contributed by atoms with Gasteiger partial charge in [0.15, 0.2) is 5.78 Å². The Morgan fingerprint density at radius 3 is 2.69 bits per heavy atom. The molecule has 0 unspecified atom stereocenters. The average Bonchev–Trinajstić information content (AvgIpc) is 3.35. The number of aromatic nitrogens is 1. The molecule has 0 atom stereocenters. The summed E-state index contributed by atoms with van der Waals surface area (Å²) in [5.41, 5.74) is -1.69. The van der Waals surface area contributed by atoms with Gasteiger partial charge < -0.3 is 9.84 Å². The first-order valence-corrected chi connectivity index (χ1v) is 10.3. The third-order valence-corrected chi connectivity index (χ3v) is 6.21. The summed E-state index contributed by atoms with van der Waals surface area (Å²) in [6.07, 6.45) is -0.287. The van der Waals surface area contributed by atoms with Crippen molar-refractivity contribution in [1.29, 1.82) is 0 Å². The van der Waals surface area contributed by atoms with Gasteiger partial charge in [0.2, 0.25) is 5.88 Å². The van der Waals surface area contributed by atoms with E-state index in [1.807, 2.05) is 0 Å². The summed E-state index contributed by atoms with van der Waals surface area (Å²) in [5, 5.41) is 6.94. The molecule has 0 aliphatic rings. The van der Waals surface area contributed by atoms with Crippen molar-refractivity contribution in [2.75, 3.05) is 10.0 Å². The Bertz CT molecular complexity index is 1460. The molecule has 0 saturated carbocycles. The molecule has 1 aromatic carbocycles. The van der Waals surface area contributed by atoms with Crippen LogP contribution in [0.4, 0.5) is 11.6 Å². The average molecular weight is 441 g/mol. The molecule has 0 spiro atoms. The van der Waals surface area contributed by atoms with Crippen molar-refractivity contribution in [2.24, 2.45) is 0 Å². The Hall–Kier alpha value is -2.98. The molecule has 0 fully saturated rings. The fourth-order valence-corrected chi connectivity index (χ4v) is 4.80. The van der Waals surface area contributed by atoms with Crippen molar-refractivity contribution < 1.29 is 32.1 Å². The molecule has 0 aliphatic carbocycles. The topological polar surface area (TPSA) is 118 Å². The van der Waals surface area contributed by atoms with E-state index in [0.717, 1.165) is 36.5 Å². The Morgan fingerprint density at radius 1 is 1.28 bits per heavy atom. The van der Waals surface area contributed by atoms with Crippen LogP contribution in [0, 0.1) is 20.6 Å². The van der Waals surface area contributed by atoms with Crippen LogP contribution in [0.5, 0.6) is 0 Å². The minimum absolute atomic E-state index is 0.113. The number of ketones is 1. The molecule has 0 aliphatic heterocycles. The highest BCUT2D eigenvalue weighted by atomic mass is 32.2. The second-order valence-corrected chi connectivity index (χ2v) is 8.49. The van der Waals surface area contributed by atoms with Gasteiger partial charge in [-0.25, -0.2) is 13.1 Å². The molecular formula is C19H19N3O5S2. The highest BCUT2D eigenvalue weighted by molar-refractivity contribution is 7.93. The highest BCUT2D eigenvalue weighted by Crippen LogP contribution is 2.29. The first kappa shape index (κ1) is 13.3. The number of hydrogen-bond donors (Lipinski definition) is 2. The Labute approximate surface area is 181 Å². The molecule has 0 saturated heterocycles. The maximum absolute atomic E-state index is 13.1. The fraction of sp³-hybridized carbons (Fsp3) is 0.211. The van der Waals surface area contributed by atoms with Gasteiger partial charge in [-0.1, -0.05) is 11.2 Å². The minimum Gasteiger partial charge on any atom is -0.338 e. The number of anilines is 2. The molecule has 1 amide bonds. The van der Waals surface area contributed by atoms with Gasteiger partial charge in [0.1, 0.15) is 9.77 Å². The van der Waals surface area contributed by atoms with Crippen LogP contribution in [-0.2, 0) is 10.0 Å². The number of sulfonamides is 1. The summed E-state index contributed by atoms with van der Waals surface area (Å²) in [7, 11) is -4.41. The molecule has 2 N–H and O–H groups in total. The van der Waals surface area contributed by atoms with Gasteiger partial charge >= 0.3 is 0 Å². The van der Waals surface area contributed by atoms with Gasteiger partial charge in [-0.3, -0.25) is 9.59 Å². The normalized spacial score (nSPS) is 15.7. The number of thiophene rings is 1. The van der Waals surface area contributed by atoms with Gasteiger partial charge in [-0.05, 0) is 56.2 Å². The molecule has 0 radical (unpaired) electrons. The van der Waals surface area contributed by atoms with Crippen LogP contribution in [0.2, 0.25) is 0 Å². The largest absolute Gasteiger partial charge is 0.338 e. The summed E-state index contributed by atoms with van der Waals surface area (Å²) in [6, 6.07) is 2.96. The standard InChI is InChI=1S/C19H19N3O5S2/c1-10-7-11(2)16(14(8-10)13(4)23)21-18(24)17-15(5-6-28-17)29(25,26)22-19-12(3)9-20-27-19/h5-9,22H,1-4H3,(H,21,24)/i1D3,2D3,9D. The lowest BCUT2D eigenvalue weighted by molar-refractivity contribution is 0.101. The third-order valence-electron chi connectivity index (χ3n) is 3.80. The number of carbonyl (C=O) groups is 2. The SMILES string of the molecule is [2H]c1noc(NS(=O)(=O)c2ccsc2C(=O)Nc2c(C(C)=O)cc(C([2H])([2H])[2H])cc2C([2H])([2H])[2H])c1C. The maximum Gasteiger partial charge on any atom is 0.267 e. The van der Waals surface area contributed by atoms with Crippen molar-refractivity contribution in [1.82, 2.24) is 5.16 Å². The quantitative estimate of drug-likeness (QED) is 0.561. The number of aryl methyl sites for hydroxylation is 2. The zero-order valence-electron chi connectivity index (χ0n) is 22.1. The zero-order valence-corrected chi connectivity index (χ0v) is 16.7. The van der Waals surface area contributed by atoms with Crippen LogP contribution >= 0.6 is 11.3 Å². The van der Waals surface area contributed by atoms with E-state index >= 15 is 0 Å². The van der Waals surface area contributed by atoms with E-state index in [-0.39, 0.29) is 28.1 Å². The molecule has 2 aromatic heterocycles. The lowest BCUT2D eigenvalue weighted by Crippen LogP contribution is -2.20. The van der Waals surface area contributed by atoms with Crippen molar-refractivity contribution in [2.45, 2.75) is 32.4 Å². The monoisotopic (exact) mass is 440 g/mol. The van der Waals surface area contributed by atoms with Crippen LogP contribution < -0.4 is 10.0 Å². The fourth-order valence-electron chi connectivity index (χ4n) is 2.43. The second-order valence-electron chi connectivity index (χ2n) is 5.92. The number of Topliss-reactive ketones (excluding diaryl/α,β-unsaturated/α-hetero) is 1. The van der Waals surface area contributed by atoms with Crippen LogP contribution in [0.3, 0.4) is 0 Å². The van der Waals surface area contributed by atoms with Gasteiger partial charge in [0, 0.05) is 19.4 Å². The number of carbonyl (C=O) groups excluding carboxylic acids is 2. The second kappa shape index (κ2) is 7.80. The lowest BCUT2D eigenvalue weighted by Gasteiger charge is -2.14. The molecule has 3 aromatic rings. The molecular weight excluding hydrogens is 414 g/mol. The van der Waals surface area contributed by atoms with Gasteiger partial charge in [-0.2, -0.15) is 0 Å². The van der Waals surface area contributed by atoms with E-state index in [9.17, 15) is 18.0 Å². The summed E-state index contributed by atoms with van der Waals surface area (Å²) in [5.74, 6) is -2.08. The predicted octanol–water partition coefficient (Wildman–Crippen LogP) is 3.92. The highest BCUT2D eigenvalue weighted by Gasteiger charge is 2.27. The van der Waals surface area contributed by atoms with E-state index in [0.29, 0.717) is 0 Å². The molecule has 2 heterocycles. The smallest absolute Gasteiger partial charge is 0.267 e. The van der Waals surface area contributed by atoms with Crippen molar-refractivity contribution in [3.63, 3.8) is 0 Å². The first-order chi connectivity index (χ1) is 16.4. The van der Waals surface area contributed by atoms with Crippen molar-refractivity contribution in [3.8, 4) is 0 Å². The van der Waals surface area contributed by atoms with Crippen LogP contribution in [0.1, 0.15) is 53.2 Å². The number of nitrogens with zero attached hydrogens (tertiary/aromatic N) is 1. The van der Waals surface area contributed by atoms with Gasteiger partial charge in [0.05, 0.1) is 13.2 Å². The molecule has 152 valence electrons. The Kier molecular flexibility index (Phi) is 3.57. The molecule has 29 heavy (non-hydrogen) atoms. The Morgan fingerprint density at radius 2 is 2.07 bits per heavy atom.